The topological polar surface area (TPSA) is 78.4 Å². The van der Waals surface area contributed by atoms with Crippen LogP contribution in [0.25, 0.3) is 0 Å². The zero-order chi connectivity index (χ0) is 19.0. The van der Waals surface area contributed by atoms with E-state index in [0.29, 0.717) is 13.1 Å². The SMILES string of the molecule is CNc1nc(C2CCCN2C(=O)C2CCCC2)nc2c1CCN(C(C)=O)C2. The molecule has 1 saturated heterocycles. The number of fused-ring (bicyclic) bond motifs is 1. The molecule has 1 aromatic rings. The van der Waals surface area contributed by atoms with Crippen molar-refractivity contribution in [1.29, 1.82) is 0 Å². The monoisotopic (exact) mass is 371 g/mol. The van der Waals surface area contributed by atoms with Gasteiger partial charge >= 0.3 is 0 Å². The van der Waals surface area contributed by atoms with E-state index in [2.05, 4.69) is 5.32 Å². The maximum absolute atomic E-state index is 13.0. The molecule has 1 atom stereocenters. The molecule has 146 valence electrons. The van der Waals surface area contributed by atoms with E-state index in [1.165, 1.54) is 0 Å². The van der Waals surface area contributed by atoms with Gasteiger partial charge in [-0.1, -0.05) is 12.8 Å². The van der Waals surface area contributed by atoms with Crippen molar-refractivity contribution in [2.45, 2.75) is 64.5 Å². The molecule has 4 rings (SSSR count). The number of hydrogen-bond donors (Lipinski definition) is 1. The number of anilines is 1. The fourth-order valence-corrected chi connectivity index (χ4v) is 4.78. The third kappa shape index (κ3) is 3.39. The van der Waals surface area contributed by atoms with Gasteiger partial charge in [-0.3, -0.25) is 9.59 Å². The summed E-state index contributed by atoms with van der Waals surface area (Å²) in [6, 6.07) is -0.0387. The van der Waals surface area contributed by atoms with Crippen LogP contribution in [0.4, 0.5) is 5.82 Å². The van der Waals surface area contributed by atoms with Gasteiger partial charge < -0.3 is 15.1 Å². The van der Waals surface area contributed by atoms with Crippen molar-refractivity contribution in [3.05, 3.63) is 17.1 Å². The minimum absolute atomic E-state index is 0.0387. The molecular weight excluding hydrogens is 342 g/mol. The molecule has 3 aliphatic rings. The Morgan fingerprint density at radius 2 is 1.85 bits per heavy atom. The Kier molecular flexibility index (Phi) is 5.02. The summed E-state index contributed by atoms with van der Waals surface area (Å²) in [5, 5.41) is 3.20. The Hall–Kier alpha value is -2.18. The number of rotatable bonds is 3. The van der Waals surface area contributed by atoms with Gasteiger partial charge in [0.1, 0.15) is 5.82 Å². The Bertz CT molecular complexity index is 744. The molecule has 1 unspecified atom stereocenters. The van der Waals surface area contributed by atoms with Crippen LogP contribution in [0.3, 0.4) is 0 Å². The molecule has 27 heavy (non-hydrogen) atoms. The van der Waals surface area contributed by atoms with Crippen LogP contribution in [-0.2, 0) is 22.6 Å². The van der Waals surface area contributed by atoms with Crippen LogP contribution in [0, 0.1) is 5.92 Å². The number of aromatic nitrogens is 2. The van der Waals surface area contributed by atoms with Gasteiger partial charge in [0.05, 0.1) is 18.3 Å². The molecule has 0 aromatic carbocycles. The second kappa shape index (κ2) is 7.44. The van der Waals surface area contributed by atoms with Crippen LogP contribution in [0.2, 0.25) is 0 Å². The summed E-state index contributed by atoms with van der Waals surface area (Å²) < 4.78 is 0. The Labute approximate surface area is 160 Å². The smallest absolute Gasteiger partial charge is 0.226 e. The predicted molar refractivity (Wildman–Crippen MR) is 102 cm³/mol. The Morgan fingerprint density at radius 1 is 1.07 bits per heavy atom. The van der Waals surface area contributed by atoms with Crippen molar-refractivity contribution in [1.82, 2.24) is 19.8 Å². The number of hydrogen-bond acceptors (Lipinski definition) is 5. The molecule has 7 nitrogen and oxygen atoms in total. The van der Waals surface area contributed by atoms with Gasteiger partial charge in [0.2, 0.25) is 11.8 Å². The number of amides is 2. The summed E-state index contributed by atoms with van der Waals surface area (Å²) in [5.41, 5.74) is 2.02. The van der Waals surface area contributed by atoms with Crippen molar-refractivity contribution in [3.8, 4) is 0 Å². The third-order valence-corrected chi connectivity index (χ3v) is 6.30. The first-order valence-corrected chi connectivity index (χ1v) is 10.2. The zero-order valence-electron chi connectivity index (χ0n) is 16.3. The van der Waals surface area contributed by atoms with Gasteiger partial charge in [-0.25, -0.2) is 9.97 Å². The highest BCUT2D eigenvalue weighted by Gasteiger charge is 2.37. The van der Waals surface area contributed by atoms with E-state index in [-0.39, 0.29) is 23.8 Å². The number of carbonyl (C=O) groups excluding carboxylic acids is 2. The van der Waals surface area contributed by atoms with Crippen molar-refractivity contribution in [3.63, 3.8) is 0 Å². The number of nitrogens with zero attached hydrogens (tertiary/aromatic N) is 4. The second-order valence-corrected chi connectivity index (χ2v) is 7.97. The van der Waals surface area contributed by atoms with Crippen LogP contribution in [0.1, 0.15) is 68.6 Å². The van der Waals surface area contributed by atoms with Gasteiger partial charge in [-0.05, 0) is 32.1 Å². The van der Waals surface area contributed by atoms with Gasteiger partial charge in [0.25, 0.3) is 0 Å². The molecule has 1 N–H and O–H groups in total. The summed E-state index contributed by atoms with van der Waals surface area (Å²) >= 11 is 0. The minimum Gasteiger partial charge on any atom is -0.373 e. The van der Waals surface area contributed by atoms with Crippen LogP contribution in [0.15, 0.2) is 0 Å². The molecule has 1 aromatic heterocycles. The van der Waals surface area contributed by atoms with Crippen LogP contribution in [0.5, 0.6) is 0 Å². The van der Waals surface area contributed by atoms with Gasteiger partial charge in [0.15, 0.2) is 5.82 Å². The molecule has 0 spiro atoms. The first kappa shape index (κ1) is 18.2. The van der Waals surface area contributed by atoms with E-state index in [1.54, 1.807) is 6.92 Å². The van der Waals surface area contributed by atoms with Crippen LogP contribution < -0.4 is 5.32 Å². The van der Waals surface area contributed by atoms with Gasteiger partial charge in [-0.2, -0.15) is 0 Å². The van der Waals surface area contributed by atoms with Crippen molar-refractivity contribution < 1.29 is 9.59 Å². The van der Waals surface area contributed by atoms with Crippen LogP contribution >= 0.6 is 0 Å². The van der Waals surface area contributed by atoms with E-state index in [9.17, 15) is 9.59 Å². The lowest BCUT2D eigenvalue weighted by atomic mass is 10.0. The van der Waals surface area contributed by atoms with Crippen molar-refractivity contribution >= 4 is 17.6 Å². The molecule has 2 fully saturated rings. The average Bonchev–Trinajstić information content (AvgIpc) is 3.37. The molecule has 2 aliphatic heterocycles. The molecule has 1 aliphatic carbocycles. The van der Waals surface area contributed by atoms with Crippen molar-refractivity contribution in [2.24, 2.45) is 5.92 Å². The molecule has 0 bridgehead atoms. The zero-order valence-corrected chi connectivity index (χ0v) is 16.3. The maximum atomic E-state index is 13.0. The quantitative estimate of drug-likeness (QED) is 0.882. The highest BCUT2D eigenvalue weighted by molar-refractivity contribution is 5.79. The lowest BCUT2D eigenvalue weighted by Crippen LogP contribution is -2.37. The van der Waals surface area contributed by atoms with Crippen molar-refractivity contribution in [2.75, 3.05) is 25.5 Å². The van der Waals surface area contributed by atoms with E-state index in [0.717, 1.165) is 74.4 Å². The molecule has 1 saturated carbocycles. The summed E-state index contributed by atoms with van der Waals surface area (Å²) in [5.74, 6) is 2.12. The lowest BCUT2D eigenvalue weighted by molar-refractivity contribution is -0.136. The highest BCUT2D eigenvalue weighted by Crippen LogP contribution is 2.36. The summed E-state index contributed by atoms with van der Waals surface area (Å²) in [4.78, 5) is 38.3. The second-order valence-electron chi connectivity index (χ2n) is 7.97. The van der Waals surface area contributed by atoms with E-state index >= 15 is 0 Å². The average molecular weight is 371 g/mol. The van der Waals surface area contributed by atoms with E-state index in [1.807, 2.05) is 16.8 Å². The fraction of sp³-hybridized carbons (Fsp3) is 0.700. The minimum atomic E-state index is -0.0387. The molecular formula is C20H29N5O2. The van der Waals surface area contributed by atoms with Gasteiger partial charge in [0, 0.05) is 38.5 Å². The van der Waals surface area contributed by atoms with Crippen LogP contribution in [-0.4, -0.2) is 51.7 Å². The molecule has 0 radical (unpaired) electrons. The lowest BCUT2D eigenvalue weighted by Gasteiger charge is -2.31. The largest absolute Gasteiger partial charge is 0.373 e. The Balaban J connectivity index is 1.63. The van der Waals surface area contributed by atoms with Gasteiger partial charge in [-0.15, -0.1) is 0 Å². The fourth-order valence-electron chi connectivity index (χ4n) is 4.78. The number of likely N-dealkylation sites (tertiary alicyclic amines) is 1. The summed E-state index contributed by atoms with van der Waals surface area (Å²) in [6.45, 7) is 3.63. The van der Waals surface area contributed by atoms with E-state index < -0.39 is 0 Å². The highest BCUT2D eigenvalue weighted by atomic mass is 16.2. The predicted octanol–water partition coefficient (Wildman–Crippen LogP) is 2.28. The molecule has 7 heteroatoms. The summed E-state index contributed by atoms with van der Waals surface area (Å²) in [6.07, 6.45) is 7.03. The maximum Gasteiger partial charge on any atom is 0.226 e. The first-order valence-electron chi connectivity index (χ1n) is 10.2. The Morgan fingerprint density at radius 3 is 2.56 bits per heavy atom. The molecule has 2 amide bonds. The normalized spacial score (nSPS) is 22.8. The standard InChI is InChI=1S/C20H29N5O2/c1-13(26)24-11-9-15-16(12-24)22-19(23-18(15)21-2)17-8-5-10-25(17)20(27)14-6-3-4-7-14/h14,17H,3-12H2,1-2H3,(H,21,22,23). The van der Waals surface area contributed by atoms with E-state index in [4.69, 9.17) is 9.97 Å². The number of nitrogens with one attached hydrogen (secondary N) is 1. The first-order chi connectivity index (χ1) is 13.1. The summed E-state index contributed by atoms with van der Waals surface area (Å²) in [7, 11) is 1.87. The number of carbonyl (C=O) groups is 2. The third-order valence-electron chi connectivity index (χ3n) is 6.30. The molecule has 3 heterocycles.